The fourth-order valence-corrected chi connectivity index (χ4v) is 2.88. The van der Waals surface area contributed by atoms with Gasteiger partial charge in [-0.05, 0) is 49.6 Å². The topological polar surface area (TPSA) is 87.0 Å². The lowest BCUT2D eigenvalue weighted by Crippen LogP contribution is -2.16. The number of benzene rings is 2. The lowest BCUT2D eigenvalue weighted by molar-refractivity contribution is -0.115. The predicted molar refractivity (Wildman–Crippen MR) is 103 cm³/mol. The van der Waals surface area contributed by atoms with Gasteiger partial charge in [0.15, 0.2) is 0 Å². The van der Waals surface area contributed by atoms with E-state index in [1.54, 1.807) is 43.3 Å². The van der Waals surface area contributed by atoms with E-state index in [0.717, 1.165) is 11.1 Å². The number of nitrogens with zero attached hydrogens (tertiary/aromatic N) is 1. The molecule has 0 aliphatic rings. The summed E-state index contributed by atoms with van der Waals surface area (Å²) in [6.07, 6.45) is 0.198. The van der Waals surface area contributed by atoms with Gasteiger partial charge in [-0.3, -0.25) is 4.79 Å². The second-order valence-electron chi connectivity index (χ2n) is 6.74. The van der Waals surface area contributed by atoms with Gasteiger partial charge in [-0.15, -0.1) is 0 Å². The summed E-state index contributed by atoms with van der Waals surface area (Å²) in [6, 6.07) is 16.5. The molecule has 5 nitrogen and oxygen atoms in total. The maximum absolute atomic E-state index is 12.2. The quantitative estimate of drug-likeness (QED) is 0.764. The molecule has 0 aromatic heterocycles. The number of carbonyl (C=O) groups is 1. The molecule has 2 aromatic carbocycles. The van der Waals surface area contributed by atoms with Crippen molar-refractivity contribution < 1.29 is 13.2 Å². The molecule has 0 saturated heterocycles. The SMILES string of the molecule is CC(c1ccc(CC(=O)Nc2ccc(C(C)(C)C#N)cc2)cc1)[SH](=O)=O. The third-order valence-corrected chi connectivity index (χ3v) is 5.24. The molecule has 1 atom stereocenters. The van der Waals surface area contributed by atoms with Crippen LogP contribution in [0.15, 0.2) is 48.5 Å². The fraction of sp³-hybridized carbons (Fsp3) is 0.300. The summed E-state index contributed by atoms with van der Waals surface area (Å²) in [7, 11) is -2.51. The molecule has 0 radical (unpaired) electrons. The summed E-state index contributed by atoms with van der Waals surface area (Å²) in [5, 5.41) is 11.4. The maximum Gasteiger partial charge on any atom is 0.228 e. The molecular formula is C20H22N2O3S. The molecule has 0 aliphatic carbocycles. The van der Waals surface area contributed by atoms with Gasteiger partial charge in [0.05, 0.1) is 23.2 Å². The molecular weight excluding hydrogens is 348 g/mol. The number of anilines is 1. The zero-order valence-electron chi connectivity index (χ0n) is 15.0. The lowest BCUT2D eigenvalue weighted by Gasteiger charge is -2.16. The molecule has 0 aliphatic heterocycles. The van der Waals surface area contributed by atoms with Gasteiger partial charge in [0, 0.05) is 5.69 Å². The van der Waals surface area contributed by atoms with E-state index in [1.807, 2.05) is 26.0 Å². The first kappa shape index (κ1) is 19.7. The molecule has 0 saturated carbocycles. The van der Waals surface area contributed by atoms with Crippen molar-refractivity contribution in [2.24, 2.45) is 0 Å². The van der Waals surface area contributed by atoms with Gasteiger partial charge < -0.3 is 5.32 Å². The van der Waals surface area contributed by atoms with Crippen molar-refractivity contribution >= 4 is 22.3 Å². The van der Waals surface area contributed by atoms with Crippen molar-refractivity contribution in [1.82, 2.24) is 0 Å². The average molecular weight is 370 g/mol. The van der Waals surface area contributed by atoms with Gasteiger partial charge in [0.1, 0.15) is 10.7 Å². The summed E-state index contributed by atoms with van der Waals surface area (Å²) in [5.41, 5.74) is 2.50. The number of hydrogen-bond acceptors (Lipinski definition) is 4. The molecule has 1 N–H and O–H groups in total. The molecule has 0 spiro atoms. The molecule has 26 heavy (non-hydrogen) atoms. The Morgan fingerprint density at radius 2 is 1.69 bits per heavy atom. The van der Waals surface area contributed by atoms with Gasteiger partial charge >= 0.3 is 0 Å². The Bertz CT molecular complexity index is 884. The molecule has 0 bridgehead atoms. The third kappa shape index (κ3) is 4.93. The minimum absolute atomic E-state index is 0.159. The van der Waals surface area contributed by atoms with E-state index < -0.39 is 21.4 Å². The van der Waals surface area contributed by atoms with E-state index in [0.29, 0.717) is 11.3 Å². The van der Waals surface area contributed by atoms with E-state index >= 15 is 0 Å². The smallest absolute Gasteiger partial charge is 0.228 e. The van der Waals surface area contributed by atoms with E-state index in [2.05, 4.69) is 11.4 Å². The number of nitriles is 1. The summed E-state index contributed by atoms with van der Waals surface area (Å²) < 4.78 is 22.1. The standard InChI is InChI=1S/C20H22N2O3S/c1-14(26(24)25)16-6-4-15(5-7-16)12-19(23)22-18-10-8-17(9-11-18)20(2,3)13-21/h4-11,14,26H,12H2,1-3H3,(H,22,23). The van der Waals surface area contributed by atoms with Gasteiger partial charge in [0.2, 0.25) is 5.91 Å². The second-order valence-corrected chi connectivity index (χ2v) is 8.09. The van der Waals surface area contributed by atoms with E-state index in [9.17, 15) is 13.2 Å². The average Bonchev–Trinajstić information content (AvgIpc) is 2.62. The Balaban J connectivity index is 2.00. The maximum atomic E-state index is 12.2. The van der Waals surface area contributed by atoms with Crippen LogP contribution in [0, 0.1) is 11.3 Å². The van der Waals surface area contributed by atoms with Crippen LogP contribution in [-0.4, -0.2) is 14.3 Å². The summed E-state index contributed by atoms with van der Waals surface area (Å²) in [4.78, 5) is 12.2. The number of hydrogen-bond donors (Lipinski definition) is 2. The van der Waals surface area contributed by atoms with Crippen molar-refractivity contribution in [2.75, 3.05) is 5.32 Å². The number of amides is 1. The molecule has 1 unspecified atom stereocenters. The molecule has 2 aromatic rings. The number of thiol groups is 1. The Morgan fingerprint density at radius 3 is 2.19 bits per heavy atom. The van der Waals surface area contributed by atoms with Gasteiger partial charge in [-0.1, -0.05) is 36.4 Å². The Kier molecular flexibility index (Phi) is 6.17. The highest BCUT2D eigenvalue weighted by atomic mass is 32.2. The van der Waals surface area contributed by atoms with Crippen molar-refractivity contribution in [3.63, 3.8) is 0 Å². The third-order valence-electron chi connectivity index (χ3n) is 4.31. The summed E-state index contributed by atoms with van der Waals surface area (Å²) in [6.45, 7) is 5.31. The second kappa shape index (κ2) is 8.15. The van der Waals surface area contributed by atoms with Crippen LogP contribution in [0.2, 0.25) is 0 Å². The van der Waals surface area contributed by atoms with Gasteiger partial charge in [0.25, 0.3) is 0 Å². The summed E-state index contributed by atoms with van der Waals surface area (Å²) in [5.74, 6) is -0.159. The van der Waals surface area contributed by atoms with E-state index in [1.165, 1.54) is 0 Å². The lowest BCUT2D eigenvalue weighted by atomic mass is 9.86. The highest BCUT2D eigenvalue weighted by Crippen LogP contribution is 2.23. The Labute approximate surface area is 155 Å². The fourth-order valence-electron chi connectivity index (χ4n) is 2.46. The largest absolute Gasteiger partial charge is 0.326 e. The van der Waals surface area contributed by atoms with E-state index in [-0.39, 0.29) is 12.3 Å². The van der Waals surface area contributed by atoms with Crippen LogP contribution >= 0.6 is 0 Å². The van der Waals surface area contributed by atoms with Gasteiger partial charge in [-0.2, -0.15) is 5.26 Å². The molecule has 136 valence electrons. The molecule has 0 heterocycles. The van der Waals surface area contributed by atoms with Crippen molar-refractivity contribution in [3.8, 4) is 6.07 Å². The highest BCUT2D eigenvalue weighted by Gasteiger charge is 2.19. The van der Waals surface area contributed by atoms with Crippen molar-refractivity contribution in [3.05, 3.63) is 65.2 Å². The molecule has 1 amide bonds. The number of nitrogens with one attached hydrogen (secondary N) is 1. The monoisotopic (exact) mass is 370 g/mol. The Morgan fingerprint density at radius 1 is 1.12 bits per heavy atom. The number of rotatable bonds is 6. The minimum Gasteiger partial charge on any atom is -0.326 e. The first-order valence-electron chi connectivity index (χ1n) is 8.27. The van der Waals surface area contributed by atoms with Crippen LogP contribution in [0.25, 0.3) is 0 Å². The van der Waals surface area contributed by atoms with Crippen molar-refractivity contribution in [2.45, 2.75) is 37.9 Å². The van der Waals surface area contributed by atoms with E-state index in [4.69, 9.17) is 5.26 Å². The van der Waals surface area contributed by atoms with Crippen LogP contribution < -0.4 is 5.32 Å². The van der Waals surface area contributed by atoms with Crippen LogP contribution in [0.3, 0.4) is 0 Å². The van der Waals surface area contributed by atoms with Crippen LogP contribution in [0.5, 0.6) is 0 Å². The zero-order chi connectivity index (χ0) is 19.3. The molecule has 6 heteroatoms. The van der Waals surface area contributed by atoms with Crippen LogP contribution in [0.1, 0.15) is 42.7 Å². The van der Waals surface area contributed by atoms with Crippen LogP contribution in [0.4, 0.5) is 5.69 Å². The first-order chi connectivity index (χ1) is 12.2. The summed E-state index contributed by atoms with van der Waals surface area (Å²) >= 11 is 0. The highest BCUT2D eigenvalue weighted by molar-refractivity contribution is 7.72. The Hall–Kier alpha value is -2.65. The molecule has 2 rings (SSSR count). The molecule has 0 fully saturated rings. The first-order valence-corrected chi connectivity index (χ1v) is 9.51. The number of carbonyl (C=O) groups excluding carboxylic acids is 1. The predicted octanol–water partition coefficient (Wildman–Crippen LogP) is 3.34. The minimum atomic E-state index is -2.51. The normalized spacial score (nSPS) is 12.4. The van der Waals surface area contributed by atoms with Crippen molar-refractivity contribution in [1.29, 1.82) is 5.26 Å². The zero-order valence-corrected chi connectivity index (χ0v) is 15.9. The van der Waals surface area contributed by atoms with Gasteiger partial charge in [-0.25, -0.2) is 8.42 Å². The van der Waals surface area contributed by atoms with Crippen LogP contribution in [-0.2, 0) is 27.3 Å².